The molecule has 0 N–H and O–H groups in total. The Bertz CT molecular complexity index is 1930. The van der Waals surface area contributed by atoms with E-state index >= 15 is 0 Å². The van der Waals surface area contributed by atoms with Gasteiger partial charge >= 0.3 is 0 Å². The zero-order valence-corrected chi connectivity index (χ0v) is 32.8. The summed E-state index contributed by atoms with van der Waals surface area (Å²) in [5.74, 6) is 0. The van der Waals surface area contributed by atoms with Gasteiger partial charge in [-0.2, -0.15) is 0 Å². The quantitative estimate of drug-likeness (QED) is 0.0941. The maximum absolute atomic E-state index is 6.79. The zero-order valence-electron chi connectivity index (χ0n) is 32.8. The van der Waals surface area contributed by atoms with Crippen LogP contribution in [0.25, 0.3) is 0 Å². The molecule has 0 aromatic heterocycles. The van der Waals surface area contributed by atoms with Crippen LogP contribution in [-0.4, -0.2) is 75.6 Å². The van der Waals surface area contributed by atoms with Gasteiger partial charge in [0.25, 0.3) is 0 Å². The number of hydrogen-bond acceptors (Lipinski definition) is 10. The van der Waals surface area contributed by atoms with Crippen molar-refractivity contribution in [1.82, 2.24) is 0 Å². The number of ether oxygens (including phenoxy) is 10. The van der Waals surface area contributed by atoms with Crippen LogP contribution in [0.15, 0.2) is 146 Å². The molecule has 5 aromatic rings. The van der Waals surface area contributed by atoms with E-state index in [2.05, 4.69) is 12.1 Å². The van der Waals surface area contributed by atoms with Gasteiger partial charge in [0.2, 0.25) is 0 Å². The monoisotopic (exact) mass is 788 g/mol. The Labute approximate surface area is 340 Å². The van der Waals surface area contributed by atoms with Crippen molar-refractivity contribution in [3.8, 4) is 0 Å². The maximum Gasteiger partial charge on any atom is 0.187 e. The van der Waals surface area contributed by atoms with Crippen molar-refractivity contribution in [3.63, 3.8) is 0 Å². The van der Waals surface area contributed by atoms with Crippen LogP contribution in [0.5, 0.6) is 0 Å². The molecule has 3 aliphatic rings. The number of rotatable bonds is 17. The van der Waals surface area contributed by atoms with Gasteiger partial charge in [-0.3, -0.25) is 0 Å². The number of methoxy groups -OCH3 is 1. The normalized spacial score (nSPS) is 26.9. The second-order valence-corrected chi connectivity index (χ2v) is 14.8. The van der Waals surface area contributed by atoms with Crippen LogP contribution in [0, 0.1) is 0 Å². The molecular formula is C48H52O10. The summed E-state index contributed by atoms with van der Waals surface area (Å²) < 4.78 is 65.6. The third-order valence-corrected chi connectivity index (χ3v) is 10.7. The second-order valence-electron chi connectivity index (χ2n) is 14.8. The van der Waals surface area contributed by atoms with Crippen LogP contribution < -0.4 is 0 Å². The predicted octanol–water partition coefficient (Wildman–Crippen LogP) is 7.56. The highest BCUT2D eigenvalue weighted by atomic mass is 16.8. The summed E-state index contributed by atoms with van der Waals surface area (Å²) in [6.07, 6.45) is -5.48. The van der Waals surface area contributed by atoms with Gasteiger partial charge < -0.3 is 47.4 Å². The maximum atomic E-state index is 6.79. The molecule has 0 amide bonds. The molecule has 10 nitrogen and oxygen atoms in total. The topological polar surface area (TPSA) is 92.3 Å². The van der Waals surface area contributed by atoms with Crippen molar-refractivity contribution in [2.24, 2.45) is 0 Å². The average molecular weight is 789 g/mol. The predicted molar refractivity (Wildman–Crippen MR) is 215 cm³/mol. The summed E-state index contributed by atoms with van der Waals surface area (Å²) >= 11 is 0. The fourth-order valence-corrected chi connectivity index (χ4v) is 7.67. The molecule has 0 radical (unpaired) electrons. The van der Waals surface area contributed by atoms with Crippen LogP contribution in [0.3, 0.4) is 0 Å². The third-order valence-electron chi connectivity index (χ3n) is 10.7. The van der Waals surface area contributed by atoms with E-state index in [4.69, 9.17) is 47.4 Å². The molecule has 0 spiro atoms. The molecule has 0 unspecified atom stereocenters. The van der Waals surface area contributed by atoms with Gasteiger partial charge in [-0.25, -0.2) is 0 Å². The Hall–Kier alpha value is -4.30. The van der Waals surface area contributed by atoms with Crippen LogP contribution >= 0.6 is 0 Å². The molecule has 0 saturated carbocycles. The van der Waals surface area contributed by atoms with Crippen LogP contribution in [0.2, 0.25) is 0 Å². The number of hydrogen-bond donors (Lipinski definition) is 0. The lowest BCUT2D eigenvalue weighted by atomic mass is 9.97. The summed E-state index contributed by atoms with van der Waals surface area (Å²) in [6, 6.07) is 48.4. The standard InChI is InChI=1S/C48H52O10/c1-49-47-46(53-29-37-22-12-5-13-23-37)44(52-28-36-20-10-4-11-21-36)42(51-27-35-18-8-3-9-19-35)41(57-47)33-56-48-45-43(54-30-38-24-14-15-25-39(38)31-55-45)40(58-48)32-50-26-34-16-6-2-7-17-34/h2-25,40-48H,26-33H2,1H3/t40-,41-,42-,43-,44+,45+,46-,47+,48-/m1/s1. The SMILES string of the molecule is CO[C@H]1O[C@H](CO[C@@H]2O[C@H](COCc3ccccc3)[C@H]3OCc4ccccc4CO[C@H]23)[C@@H](OCc2ccccc2)[C@H](OCc2ccccc2)[C@H]1OCc1ccccc1. The highest BCUT2D eigenvalue weighted by Crippen LogP contribution is 2.35. The van der Waals surface area contributed by atoms with Crippen molar-refractivity contribution < 1.29 is 47.4 Å². The summed E-state index contributed by atoms with van der Waals surface area (Å²) in [4.78, 5) is 0. The third kappa shape index (κ3) is 10.5. The average Bonchev–Trinajstić information content (AvgIpc) is 3.60. The Kier molecular flexibility index (Phi) is 14.4. The van der Waals surface area contributed by atoms with E-state index in [-0.39, 0.29) is 6.61 Å². The lowest BCUT2D eigenvalue weighted by molar-refractivity contribution is -0.329. The first-order valence-corrected chi connectivity index (χ1v) is 20.1. The second kappa shape index (κ2) is 20.6. The smallest absolute Gasteiger partial charge is 0.187 e. The molecule has 10 heteroatoms. The summed E-state index contributed by atoms with van der Waals surface area (Å²) in [6.45, 7) is 2.63. The minimum absolute atomic E-state index is 0.0847. The van der Waals surface area contributed by atoms with Gasteiger partial charge in [-0.15, -0.1) is 0 Å². The van der Waals surface area contributed by atoms with Crippen molar-refractivity contribution in [1.29, 1.82) is 0 Å². The molecule has 3 aliphatic heterocycles. The van der Waals surface area contributed by atoms with Gasteiger partial charge in [0.15, 0.2) is 12.6 Å². The summed E-state index contributed by atoms with van der Waals surface area (Å²) in [5, 5.41) is 0. The first kappa shape index (κ1) is 40.5. The molecule has 58 heavy (non-hydrogen) atoms. The minimum Gasteiger partial charge on any atom is -0.374 e. The molecule has 3 heterocycles. The lowest BCUT2D eigenvalue weighted by Gasteiger charge is -2.45. The summed E-state index contributed by atoms with van der Waals surface area (Å²) in [7, 11) is 1.61. The van der Waals surface area contributed by atoms with Crippen molar-refractivity contribution >= 4 is 0 Å². The van der Waals surface area contributed by atoms with Gasteiger partial charge in [-0.05, 0) is 33.4 Å². The Morgan fingerprint density at radius 2 is 0.879 bits per heavy atom. The van der Waals surface area contributed by atoms with Crippen LogP contribution in [0.4, 0.5) is 0 Å². The molecular weight excluding hydrogens is 737 g/mol. The highest BCUT2D eigenvalue weighted by Gasteiger charge is 2.51. The molecule has 9 atom stereocenters. The molecule has 0 aliphatic carbocycles. The Morgan fingerprint density at radius 3 is 1.41 bits per heavy atom. The molecule has 2 fully saturated rings. The van der Waals surface area contributed by atoms with Crippen LogP contribution in [-0.2, 0) is 87.0 Å². The van der Waals surface area contributed by atoms with Crippen molar-refractivity contribution in [2.75, 3.05) is 20.3 Å². The van der Waals surface area contributed by atoms with Crippen molar-refractivity contribution in [2.45, 2.75) is 94.9 Å². The van der Waals surface area contributed by atoms with E-state index in [1.807, 2.05) is 133 Å². The van der Waals surface area contributed by atoms with E-state index < -0.39 is 55.3 Å². The lowest BCUT2D eigenvalue weighted by Crippen LogP contribution is -2.61. The van der Waals surface area contributed by atoms with Gasteiger partial charge in [0.1, 0.15) is 42.7 Å². The molecule has 8 rings (SSSR count). The fraction of sp³-hybridized carbons (Fsp3) is 0.375. The van der Waals surface area contributed by atoms with E-state index in [1.54, 1.807) is 7.11 Å². The summed E-state index contributed by atoms with van der Waals surface area (Å²) in [5.41, 5.74) is 6.28. The van der Waals surface area contributed by atoms with Gasteiger partial charge in [0, 0.05) is 7.11 Å². The first-order valence-electron chi connectivity index (χ1n) is 20.1. The van der Waals surface area contributed by atoms with E-state index in [0.29, 0.717) is 46.2 Å². The minimum atomic E-state index is -0.788. The fourth-order valence-electron chi connectivity index (χ4n) is 7.67. The van der Waals surface area contributed by atoms with Gasteiger partial charge in [-0.1, -0.05) is 146 Å². The Morgan fingerprint density at radius 1 is 0.431 bits per heavy atom. The van der Waals surface area contributed by atoms with E-state index in [0.717, 1.165) is 33.4 Å². The highest BCUT2D eigenvalue weighted by molar-refractivity contribution is 5.26. The van der Waals surface area contributed by atoms with E-state index in [9.17, 15) is 0 Å². The largest absolute Gasteiger partial charge is 0.374 e. The van der Waals surface area contributed by atoms with Crippen LogP contribution in [0.1, 0.15) is 33.4 Å². The zero-order chi connectivity index (χ0) is 39.4. The molecule has 5 aromatic carbocycles. The van der Waals surface area contributed by atoms with Gasteiger partial charge in [0.05, 0.1) is 52.9 Å². The number of benzene rings is 5. The first-order chi connectivity index (χ1) is 28.7. The van der Waals surface area contributed by atoms with Crippen molar-refractivity contribution in [3.05, 3.63) is 179 Å². The molecule has 0 bridgehead atoms. The Balaban J connectivity index is 1.04. The van der Waals surface area contributed by atoms with E-state index in [1.165, 1.54) is 0 Å². The number of fused-ring (bicyclic) bond motifs is 2. The molecule has 2 saturated heterocycles. The molecule has 304 valence electrons.